The molecule has 1 unspecified atom stereocenters. The highest BCUT2D eigenvalue weighted by Gasteiger charge is 2.18. The van der Waals surface area contributed by atoms with Gasteiger partial charge in [0.25, 0.3) is 0 Å². The Balaban J connectivity index is 2.77. The topological polar surface area (TPSA) is 69.6 Å². The zero-order valence-corrected chi connectivity index (χ0v) is 12.8. The molecule has 0 aliphatic carbocycles. The molecular weight excluding hydrogens is 268 g/mol. The van der Waals surface area contributed by atoms with E-state index in [9.17, 15) is 9.59 Å². The van der Waals surface area contributed by atoms with Gasteiger partial charge in [0.1, 0.15) is 0 Å². The number of carboxylic acid groups (broad SMARTS) is 1. The van der Waals surface area contributed by atoms with E-state index >= 15 is 0 Å². The number of carbonyl (C=O) groups is 2. The molecule has 0 aliphatic heterocycles. The van der Waals surface area contributed by atoms with Crippen molar-refractivity contribution in [2.75, 3.05) is 12.4 Å². The molecule has 0 aliphatic rings. The van der Waals surface area contributed by atoms with Crippen molar-refractivity contribution in [1.82, 2.24) is 4.90 Å². The summed E-state index contributed by atoms with van der Waals surface area (Å²) in [5, 5.41) is 11.4. The molecule has 0 radical (unpaired) electrons. The normalized spacial score (nSPS) is 12.4. The molecule has 1 aromatic rings. The second-order valence-corrected chi connectivity index (χ2v) is 5.32. The first-order valence-corrected chi connectivity index (χ1v) is 6.86. The number of carboxylic acids is 1. The lowest BCUT2D eigenvalue weighted by Gasteiger charge is -2.28. The van der Waals surface area contributed by atoms with E-state index in [1.54, 1.807) is 36.2 Å². The Kier molecular flexibility index (Phi) is 5.96. The van der Waals surface area contributed by atoms with Gasteiger partial charge in [-0.25, -0.2) is 9.59 Å². The van der Waals surface area contributed by atoms with E-state index in [2.05, 4.69) is 19.2 Å². The summed E-state index contributed by atoms with van der Waals surface area (Å²) >= 11 is 0. The van der Waals surface area contributed by atoms with Crippen molar-refractivity contribution >= 4 is 23.8 Å². The van der Waals surface area contributed by atoms with Crippen molar-refractivity contribution in [1.29, 1.82) is 0 Å². The fourth-order valence-corrected chi connectivity index (χ4v) is 1.73. The molecule has 21 heavy (non-hydrogen) atoms. The number of hydrogen-bond acceptors (Lipinski definition) is 2. The van der Waals surface area contributed by atoms with Gasteiger partial charge < -0.3 is 15.3 Å². The molecule has 1 aromatic carbocycles. The summed E-state index contributed by atoms with van der Waals surface area (Å²) in [6, 6.07) is 6.98. The number of carbonyl (C=O) groups excluding carboxylic acids is 1. The zero-order chi connectivity index (χ0) is 16.0. The molecule has 2 N–H and O–H groups in total. The van der Waals surface area contributed by atoms with Gasteiger partial charge >= 0.3 is 12.0 Å². The molecule has 2 amide bonds. The van der Waals surface area contributed by atoms with Crippen molar-refractivity contribution in [3.63, 3.8) is 0 Å². The van der Waals surface area contributed by atoms with Gasteiger partial charge in [-0.2, -0.15) is 0 Å². The number of urea groups is 1. The second kappa shape index (κ2) is 7.47. The van der Waals surface area contributed by atoms with Crippen LogP contribution in [-0.2, 0) is 4.79 Å². The molecule has 0 spiro atoms. The minimum absolute atomic E-state index is 0.125. The molecule has 1 atom stereocenters. The Morgan fingerprint density at radius 2 is 1.95 bits per heavy atom. The summed E-state index contributed by atoms with van der Waals surface area (Å²) < 4.78 is 0. The van der Waals surface area contributed by atoms with E-state index in [1.807, 2.05) is 6.92 Å². The van der Waals surface area contributed by atoms with Crippen LogP contribution >= 0.6 is 0 Å². The van der Waals surface area contributed by atoms with E-state index in [1.165, 1.54) is 6.08 Å². The second-order valence-electron chi connectivity index (χ2n) is 5.32. The number of nitrogens with zero attached hydrogens (tertiary/aromatic N) is 1. The van der Waals surface area contributed by atoms with Crippen molar-refractivity contribution in [2.45, 2.75) is 26.8 Å². The first-order valence-electron chi connectivity index (χ1n) is 6.86. The summed E-state index contributed by atoms with van der Waals surface area (Å²) in [4.78, 5) is 24.3. The zero-order valence-electron chi connectivity index (χ0n) is 12.8. The van der Waals surface area contributed by atoms with Crippen LogP contribution in [0.3, 0.4) is 0 Å². The lowest BCUT2D eigenvalue weighted by atomic mass is 10.1. The minimum atomic E-state index is -1.00. The van der Waals surface area contributed by atoms with Crippen molar-refractivity contribution in [3.05, 3.63) is 35.9 Å². The Morgan fingerprint density at radius 1 is 1.29 bits per heavy atom. The van der Waals surface area contributed by atoms with Gasteiger partial charge in [-0.15, -0.1) is 0 Å². The molecule has 0 aromatic heterocycles. The highest BCUT2D eigenvalue weighted by molar-refractivity contribution is 5.90. The largest absolute Gasteiger partial charge is 0.478 e. The molecule has 1 rings (SSSR count). The molecule has 0 heterocycles. The molecule has 0 saturated carbocycles. The predicted molar refractivity (Wildman–Crippen MR) is 84.2 cm³/mol. The van der Waals surface area contributed by atoms with Crippen LogP contribution in [0.5, 0.6) is 0 Å². The summed E-state index contributed by atoms with van der Waals surface area (Å²) in [6.07, 6.45) is 2.55. The van der Waals surface area contributed by atoms with Crippen LogP contribution < -0.4 is 5.32 Å². The maximum Gasteiger partial charge on any atom is 0.328 e. The van der Waals surface area contributed by atoms with Crippen LogP contribution in [0.25, 0.3) is 6.08 Å². The van der Waals surface area contributed by atoms with Gasteiger partial charge in [0.2, 0.25) is 0 Å². The molecular formula is C16H22N2O3. The Labute approximate surface area is 125 Å². The van der Waals surface area contributed by atoms with E-state index in [4.69, 9.17) is 5.11 Å². The third-order valence-corrected chi connectivity index (χ3v) is 3.45. The lowest BCUT2D eigenvalue weighted by Crippen LogP contribution is -2.40. The Bertz CT molecular complexity index is 538. The van der Waals surface area contributed by atoms with E-state index in [-0.39, 0.29) is 12.1 Å². The third kappa shape index (κ3) is 5.30. The molecule has 0 fully saturated rings. The van der Waals surface area contributed by atoms with Gasteiger partial charge in [0.15, 0.2) is 0 Å². The third-order valence-electron chi connectivity index (χ3n) is 3.45. The van der Waals surface area contributed by atoms with Crippen LogP contribution in [0.2, 0.25) is 0 Å². The van der Waals surface area contributed by atoms with Gasteiger partial charge in [-0.3, -0.25) is 0 Å². The number of benzene rings is 1. The van der Waals surface area contributed by atoms with E-state index in [0.29, 0.717) is 11.6 Å². The molecule has 0 bridgehead atoms. The maximum absolute atomic E-state index is 12.1. The highest BCUT2D eigenvalue weighted by atomic mass is 16.4. The SMILES string of the molecule is CC(C)C(C)N(C)C(=O)Nc1cccc(/C=C/C(=O)O)c1. The Hall–Kier alpha value is -2.30. The van der Waals surface area contributed by atoms with Crippen LogP contribution in [0.4, 0.5) is 10.5 Å². The lowest BCUT2D eigenvalue weighted by molar-refractivity contribution is -0.131. The van der Waals surface area contributed by atoms with Gasteiger partial charge in [-0.1, -0.05) is 26.0 Å². The summed E-state index contributed by atoms with van der Waals surface area (Å²) in [7, 11) is 1.76. The van der Waals surface area contributed by atoms with Crippen molar-refractivity contribution in [2.24, 2.45) is 5.92 Å². The average Bonchev–Trinajstić information content (AvgIpc) is 2.43. The molecule has 114 valence electrons. The standard InChI is InChI=1S/C16H22N2O3/c1-11(2)12(3)18(4)16(21)17-14-7-5-6-13(10-14)8-9-15(19)20/h5-12H,1-4H3,(H,17,21)(H,19,20)/b9-8+. The fraction of sp³-hybridized carbons (Fsp3) is 0.375. The van der Waals surface area contributed by atoms with Crippen LogP contribution in [0.15, 0.2) is 30.3 Å². The minimum Gasteiger partial charge on any atom is -0.478 e. The summed E-state index contributed by atoms with van der Waals surface area (Å²) in [6.45, 7) is 6.12. The first-order chi connectivity index (χ1) is 9.81. The van der Waals surface area contributed by atoms with Gasteiger partial charge in [0.05, 0.1) is 0 Å². The number of rotatable bonds is 5. The first kappa shape index (κ1) is 16.8. The van der Waals surface area contributed by atoms with Gasteiger partial charge in [0, 0.05) is 24.9 Å². The van der Waals surface area contributed by atoms with Crippen molar-refractivity contribution < 1.29 is 14.7 Å². The van der Waals surface area contributed by atoms with Gasteiger partial charge in [-0.05, 0) is 36.6 Å². The van der Waals surface area contributed by atoms with E-state index < -0.39 is 5.97 Å². The summed E-state index contributed by atoms with van der Waals surface area (Å²) in [5.41, 5.74) is 1.35. The molecule has 5 nitrogen and oxygen atoms in total. The smallest absolute Gasteiger partial charge is 0.328 e. The number of hydrogen-bond donors (Lipinski definition) is 2. The molecule has 5 heteroatoms. The van der Waals surface area contributed by atoms with Crippen LogP contribution in [0.1, 0.15) is 26.3 Å². The van der Waals surface area contributed by atoms with Crippen molar-refractivity contribution in [3.8, 4) is 0 Å². The average molecular weight is 290 g/mol. The number of anilines is 1. The highest BCUT2D eigenvalue weighted by Crippen LogP contribution is 2.14. The molecule has 0 saturated heterocycles. The maximum atomic E-state index is 12.1. The van der Waals surface area contributed by atoms with Crippen LogP contribution in [0, 0.1) is 5.92 Å². The predicted octanol–water partition coefficient (Wildman–Crippen LogP) is 3.29. The summed E-state index contributed by atoms with van der Waals surface area (Å²) in [5.74, 6) is -0.638. The number of nitrogens with one attached hydrogen (secondary N) is 1. The fourth-order valence-electron chi connectivity index (χ4n) is 1.73. The van der Waals surface area contributed by atoms with E-state index in [0.717, 1.165) is 11.6 Å². The monoisotopic (exact) mass is 290 g/mol. The number of amides is 2. The quantitative estimate of drug-likeness (QED) is 0.817. The number of aliphatic carboxylic acids is 1. The van der Waals surface area contributed by atoms with Crippen LogP contribution in [-0.4, -0.2) is 35.1 Å². The Morgan fingerprint density at radius 3 is 2.52 bits per heavy atom.